The van der Waals surface area contributed by atoms with E-state index in [0.29, 0.717) is 12.8 Å². The van der Waals surface area contributed by atoms with Gasteiger partial charge in [-0.2, -0.15) is 0 Å². The van der Waals surface area contributed by atoms with E-state index in [4.69, 9.17) is 4.74 Å². The Kier molecular flexibility index (Phi) is 5.16. The molecule has 1 heterocycles. The highest BCUT2D eigenvalue weighted by Gasteiger charge is 2.37. The Labute approximate surface area is 145 Å². The number of ether oxygens (including phenoxy) is 1. The first kappa shape index (κ1) is 16.9. The van der Waals surface area contributed by atoms with Gasteiger partial charge in [0.05, 0.1) is 23.2 Å². The number of rotatable bonds is 5. The topological polar surface area (TPSA) is 71.5 Å². The van der Waals surface area contributed by atoms with Crippen molar-refractivity contribution in [1.82, 2.24) is 10.3 Å². The quantitative estimate of drug-likeness (QED) is 0.872. The molecule has 128 valence electrons. The van der Waals surface area contributed by atoms with Crippen LogP contribution >= 0.6 is 11.3 Å². The SMILES string of the molecule is Cc1nc(C)c(CC(=O)N[C@@H]2CC[C@@H](Oc3ccccc3)[C@@H]2O)s1. The van der Waals surface area contributed by atoms with Crippen LogP contribution in [0.3, 0.4) is 0 Å². The number of amides is 1. The number of carbonyl (C=O) groups excluding carboxylic acids is 1. The number of aryl methyl sites for hydroxylation is 2. The van der Waals surface area contributed by atoms with E-state index < -0.39 is 6.10 Å². The average molecular weight is 346 g/mol. The number of carbonyl (C=O) groups is 1. The first-order chi connectivity index (χ1) is 11.5. The molecule has 3 rings (SSSR count). The van der Waals surface area contributed by atoms with Crippen LogP contribution in [0, 0.1) is 13.8 Å². The highest BCUT2D eigenvalue weighted by Crippen LogP contribution is 2.25. The molecular formula is C18H22N2O3S. The zero-order valence-corrected chi connectivity index (χ0v) is 14.7. The minimum atomic E-state index is -0.696. The van der Waals surface area contributed by atoms with Gasteiger partial charge in [0.1, 0.15) is 18.0 Å². The molecule has 1 aliphatic rings. The van der Waals surface area contributed by atoms with Gasteiger partial charge in [-0.15, -0.1) is 11.3 Å². The number of aliphatic hydroxyl groups excluding tert-OH is 1. The molecule has 1 aromatic heterocycles. The lowest BCUT2D eigenvalue weighted by Gasteiger charge is -2.21. The fourth-order valence-corrected chi connectivity index (χ4v) is 3.98. The minimum absolute atomic E-state index is 0.0776. The van der Waals surface area contributed by atoms with Gasteiger partial charge >= 0.3 is 0 Å². The molecule has 1 aliphatic carbocycles. The van der Waals surface area contributed by atoms with Crippen molar-refractivity contribution in [2.45, 2.75) is 51.4 Å². The predicted molar refractivity (Wildman–Crippen MR) is 93.3 cm³/mol. The third-order valence-electron chi connectivity index (χ3n) is 4.25. The first-order valence-electron chi connectivity index (χ1n) is 8.15. The molecule has 3 atom stereocenters. The van der Waals surface area contributed by atoms with E-state index in [9.17, 15) is 9.90 Å². The fourth-order valence-electron chi connectivity index (χ4n) is 3.05. The Bertz CT molecular complexity index is 702. The maximum Gasteiger partial charge on any atom is 0.225 e. The van der Waals surface area contributed by atoms with Crippen molar-refractivity contribution < 1.29 is 14.6 Å². The Balaban J connectivity index is 1.54. The maximum absolute atomic E-state index is 12.3. The van der Waals surface area contributed by atoms with Gasteiger partial charge < -0.3 is 15.2 Å². The fraction of sp³-hybridized carbons (Fsp3) is 0.444. The Hall–Kier alpha value is -1.92. The van der Waals surface area contributed by atoms with Crippen LogP contribution in [0.2, 0.25) is 0 Å². The molecule has 0 radical (unpaired) electrons. The summed E-state index contributed by atoms with van der Waals surface area (Å²) in [5, 5.41) is 14.3. The molecule has 2 N–H and O–H groups in total. The molecule has 1 saturated carbocycles. The minimum Gasteiger partial charge on any atom is -0.488 e. The van der Waals surface area contributed by atoms with Crippen molar-refractivity contribution in [3.8, 4) is 5.75 Å². The smallest absolute Gasteiger partial charge is 0.225 e. The largest absolute Gasteiger partial charge is 0.488 e. The van der Waals surface area contributed by atoms with Crippen LogP contribution in [-0.4, -0.2) is 34.2 Å². The second kappa shape index (κ2) is 7.32. The zero-order valence-electron chi connectivity index (χ0n) is 13.9. The van der Waals surface area contributed by atoms with Crippen LogP contribution in [0.5, 0.6) is 5.75 Å². The lowest BCUT2D eigenvalue weighted by Crippen LogP contribution is -2.44. The van der Waals surface area contributed by atoms with Gasteiger partial charge in [0.2, 0.25) is 5.91 Å². The van der Waals surface area contributed by atoms with E-state index in [2.05, 4.69) is 10.3 Å². The normalized spacial score (nSPS) is 23.2. The number of nitrogens with zero attached hydrogens (tertiary/aromatic N) is 1. The predicted octanol–water partition coefficient (Wildman–Crippen LogP) is 2.39. The van der Waals surface area contributed by atoms with E-state index >= 15 is 0 Å². The van der Waals surface area contributed by atoms with Crippen molar-refractivity contribution in [1.29, 1.82) is 0 Å². The summed E-state index contributed by atoms with van der Waals surface area (Å²) < 4.78 is 5.83. The standard InChI is InChI=1S/C18H22N2O3S/c1-11-16(24-12(2)19-11)10-17(21)20-14-8-9-15(18(14)22)23-13-6-4-3-5-7-13/h3-7,14-15,18,22H,8-10H2,1-2H3,(H,20,21)/t14-,15-,18-/m1/s1. The molecule has 0 saturated heterocycles. The molecule has 6 heteroatoms. The first-order valence-corrected chi connectivity index (χ1v) is 8.96. The van der Waals surface area contributed by atoms with E-state index in [1.54, 1.807) is 11.3 Å². The number of benzene rings is 1. The number of aromatic nitrogens is 1. The summed E-state index contributed by atoms with van der Waals surface area (Å²) in [7, 11) is 0. The summed E-state index contributed by atoms with van der Waals surface area (Å²) in [6.07, 6.45) is 0.763. The van der Waals surface area contributed by atoms with Crippen LogP contribution < -0.4 is 10.1 Å². The Morgan fingerprint density at radius 1 is 1.33 bits per heavy atom. The number of aliphatic hydroxyl groups is 1. The van der Waals surface area contributed by atoms with Gasteiger partial charge in [-0.25, -0.2) is 4.98 Å². The molecule has 0 unspecified atom stereocenters. The monoisotopic (exact) mass is 346 g/mol. The van der Waals surface area contributed by atoms with E-state index in [1.165, 1.54) is 0 Å². The van der Waals surface area contributed by atoms with E-state index in [-0.39, 0.29) is 18.1 Å². The molecule has 0 spiro atoms. The van der Waals surface area contributed by atoms with Crippen LogP contribution in [0.4, 0.5) is 0 Å². The van der Waals surface area contributed by atoms with Crippen molar-refractivity contribution >= 4 is 17.2 Å². The summed E-state index contributed by atoms with van der Waals surface area (Å²) in [5.74, 6) is 0.662. The lowest BCUT2D eigenvalue weighted by molar-refractivity contribution is -0.122. The van der Waals surface area contributed by atoms with Crippen LogP contribution in [0.15, 0.2) is 30.3 Å². The van der Waals surface area contributed by atoms with Crippen molar-refractivity contribution in [2.75, 3.05) is 0 Å². The third kappa shape index (κ3) is 3.94. The van der Waals surface area contributed by atoms with E-state index in [1.807, 2.05) is 44.2 Å². The van der Waals surface area contributed by atoms with Crippen LogP contribution in [0.25, 0.3) is 0 Å². The third-order valence-corrected chi connectivity index (χ3v) is 5.33. The summed E-state index contributed by atoms with van der Waals surface area (Å²) in [6, 6.07) is 9.19. The summed E-state index contributed by atoms with van der Waals surface area (Å²) in [6.45, 7) is 3.85. The van der Waals surface area contributed by atoms with Gasteiger partial charge in [0, 0.05) is 4.88 Å². The summed E-state index contributed by atoms with van der Waals surface area (Å²) >= 11 is 1.54. The zero-order chi connectivity index (χ0) is 17.1. The number of hydrogen-bond acceptors (Lipinski definition) is 5. The molecule has 24 heavy (non-hydrogen) atoms. The second-order valence-electron chi connectivity index (χ2n) is 6.13. The number of hydrogen-bond donors (Lipinski definition) is 2. The van der Waals surface area contributed by atoms with Gasteiger partial charge in [-0.05, 0) is 38.8 Å². The molecule has 0 aliphatic heterocycles. The summed E-state index contributed by atoms with van der Waals surface area (Å²) in [5.41, 5.74) is 0.907. The Morgan fingerprint density at radius 3 is 2.75 bits per heavy atom. The maximum atomic E-state index is 12.3. The molecule has 5 nitrogen and oxygen atoms in total. The average Bonchev–Trinajstić information content (AvgIpc) is 3.04. The molecule has 1 aromatic carbocycles. The molecule has 1 fully saturated rings. The Morgan fingerprint density at radius 2 is 2.08 bits per heavy atom. The van der Waals surface area contributed by atoms with Gasteiger partial charge in [0.25, 0.3) is 0 Å². The van der Waals surface area contributed by atoms with Crippen molar-refractivity contribution in [2.24, 2.45) is 0 Å². The molecular weight excluding hydrogens is 324 g/mol. The lowest BCUT2D eigenvalue weighted by atomic mass is 10.2. The highest BCUT2D eigenvalue weighted by molar-refractivity contribution is 7.11. The number of thiazole rings is 1. The second-order valence-corrected chi connectivity index (χ2v) is 7.42. The van der Waals surface area contributed by atoms with Crippen molar-refractivity contribution in [3.63, 3.8) is 0 Å². The van der Waals surface area contributed by atoms with Crippen molar-refractivity contribution in [3.05, 3.63) is 45.9 Å². The van der Waals surface area contributed by atoms with E-state index in [0.717, 1.165) is 27.7 Å². The van der Waals surface area contributed by atoms with Gasteiger partial charge in [-0.3, -0.25) is 4.79 Å². The van der Waals surface area contributed by atoms with Crippen LogP contribution in [-0.2, 0) is 11.2 Å². The number of para-hydroxylation sites is 1. The molecule has 1 amide bonds. The molecule has 2 aromatic rings. The molecule has 0 bridgehead atoms. The van der Waals surface area contributed by atoms with Gasteiger partial charge in [-0.1, -0.05) is 18.2 Å². The number of nitrogens with one attached hydrogen (secondary N) is 1. The van der Waals surface area contributed by atoms with Gasteiger partial charge in [0.15, 0.2) is 0 Å². The highest BCUT2D eigenvalue weighted by atomic mass is 32.1. The summed E-state index contributed by atoms with van der Waals surface area (Å²) in [4.78, 5) is 17.6. The van der Waals surface area contributed by atoms with Crippen LogP contribution in [0.1, 0.15) is 28.4 Å².